The maximum Gasteiger partial charge on any atom is 0.228 e. The number of fused-ring (bicyclic) bond motifs is 1. The topological polar surface area (TPSA) is 89.3 Å². The van der Waals surface area contributed by atoms with Crippen molar-refractivity contribution < 1.29 is 13.2 Å². The quantitative estimate of drug-likeness (QED) is 0.812. The Balaban J connectivity index is 2.36. The van der Waals surface area contributed by atoms with Gasteiger partial charge in [-0.05, 0) is 30.7 Å². The van der Waals surface area contributed by atoms with Gasteiger partial charge in [-0.2, -0.15) is 0 Å². The van der Waals surface area contributed by atoms with Crippen molar-refractivity contribution in [2.24, 2.45) is 5.73 Å². The Bertz CT molecular complexity index is 564. The zero-order valence-corrected chi connectivity index (χ0v) is 10.3. The maximum atomic E-state index is 11.9. The Morgan fingerprint density at radius 3 is 2.82 bits per heavy atom. The zero-order chi connectivity index (χ0) is 12.6. The summed E-state index contributed by atoms with van der Waals surface area (Å²) in [5, 5.41) is 2.66. The smallest absolute Gasteiger partial charge is 0.228 e. The van der Waals surface area contributed by atoms with E-state index in [1.54, 1.807) is 19.1 Å². The summed E-state index contributed by atoms with van der Waals surface area (Å²) in [6, 6.07) is 4.26. The molecule has 1 aliphatic rings. The van der Waals surface area contributed by atoms with Gasteiger partial charge in [-0.3, -0.25) is 4.79 Å². The minimum absolute atomic E-state index is 0.0901. The molecule has 1 atom stereocenters. The number of rotatable bonds is 3. The van der Waals surface area contributed by atoms with E-state index in [0.717, 1.165) is 5.56 Å². The molecule has 0 fully saturated rings. The Kier molecular flexibility index (Phi) is 2.92. The predicted octanol–water partition coefficient (Wildman–Crippen LogP) is 0.302. The number of benzene rings is 1. The second-order valence-corrected chi connectivity index (χ2v) is 6.34. The van der Waals surface area contributed by atoms with Crippen LogP contribution in [-0.4, -0.2) is 26.1 Å². The number of hydrogen-bond donors (Lipinski definition) is 2. The summed E-state index contributed by atoms with van der Waals surface area (Å²) in [6.45, 7) is 1.65. The first kappa shape index (κ1) is 12.1. The molecule has 1 unspecified atom stereocenters. The normalized spacial score (nSPS) is 16.5. The van der Waals surface area contributed by atoms with E-state index < -0.39 is 15.9 Å². The van der Waals surface area contributed by atoms with E-state index >= 15 is 0 Å². The monoisotopic (exact) mass is 254 g/mol. The SMILES string of the molecule is CC(N)CS(=O)(=O)c1ccc2c(c1)CC(=O)N2. The highest BCUT2D eigenvalue weighted by Gasteiger charge is 2.22. The summed E-state index contributed by atoms with van der Waals surface area (Å²) < 4.78 is 23.9. The second-order valence-electron chi connectivity index (χ2n) is 4.30. The number of amides is 1. The van der Waals surface area contributed by atoms with Crippen LogP contribution >= 0.6 is 0 Å². The summed E-state index contributed by atoms with van der Waals surface area (Å²) in [4.78, 5) is 11.4. The van der Waals surface area contributed by atoms with Crippen LogP contribution in [0.15, 0.2) is 23.1 Å². The van der Waals surface area contributed by atoms with Crippen LogP contribution in [0, 0.1) is 0 Å². The molecule has 0 aromatic heterocycles. The van der Waals surface area contributed by atoms with E-state index in [1.807, 2.05) is 0 Å². The average molecular weight is 254 g/mol. The molecule has 1 heterocycles. The van der Waals surface area contributed by atoms with Crippen LogP contribution in [0.4, 0.5) is 5.69 Å². The molecule has 0 radical (unpaired) electrons. The lowest BCUT2D eigenvalue weighted by molar-refractivity contribution is -0.115. The standard InChI is InChI=1S/C11H14N2O3S/c1-7(12)6-17(15,16)9-2-3-10-8(4-9)5-11(14)13-10/h2-4,7H,5-6,12H2,1H3,(H,13,14). The minimum Gasteiger partial charge on any atom is -0.327 e. The first-order valence-corrected chi connectivity index (χ1v) is 6.95. The van der Waals surface area contributed by atoms with Crippen molar-refractivity contribution in [3.63, 3.8) is 0 Å². The Labute approximate surface area is 99.9 Å². The third-order valence-corrected chi connectivity index (χ3v) is 4.48. The van der Waals surface area contributed by atoms with E-state index in [9.17, 15) is 13.2 Å². The van der Waals surface area contributed by atoms with Gasteiger partial charge in [-0.1, -0.05) is 0 Å². The van der Waals surface area contributed by atoms with Crippen LogP contribution in [0.1, 0.15) is 12.5 Å². The molecule has 2 rings (SSSR count). The Hall–Kier alpha value is -1.40. The van der Waals surface area contributed by atoms with Gasteiger partial charge < -0.3 is 11.1 Å². The summed E-state index contributed by atoms with van der Waals surface area (Å²) in [6.07, 6.45) is 0.233. The Morgan fingerprint density at radius 2 is 2.18 bits per heavy atom. The molecule has 0 aliphatic carbocycles. The molecule has 92 valence electrons. The lowest BCUT2D eigenvalue weighted by Crippen LogP contribution is -2.26. The van der Waals surface area contributed by atoms with Gasteiger partial charge in [0.1, 0.15) is 0 Å². The lowest BCUT2D eigenvalue weighted by atomic mass is 10.2. The van der Waals surface area contributed by atoms with Gasteiger partial charge in [0, 0.05) is 11.7 Å². The van der Waals surface area contributed by atoms with Crippen molar-refractivity contribution in [3.05, 3.63) is 23.8 Å². The van der Waals surface area contributed by atoms with Gasteiger partial charge in [-0.15, -0.1) is 0 Å². The van der Waals surface area contributed by atoms with Crippen LogP contribution in [0.2, 0.25) is 0 Å². The molecule has 3 N–H and O–H groups in total. The lowest BCUT2D eigenvalue weighted by Gasteiger charge is -2.08. The molecular weight excluding hydrogens is 240 g/mol. The summed E-state index contributed by atoms with van der Waals surface area (Å²) in [5.74, 6) is -0.200. The highest BCUT2D eigenvalue weighted by atomic mass is 32.2. The van der Waals surface area contributed by atoms with Crippen LogP contribution < -0.4 is 11.1 Å². The van der Waals surface area contributed by atoms with E-state index in [2.05, 4.69) is 5.32 Å². The number of carbonyl (C=O) groups excluding carboxylic acids is 1. The van der Waals surface area contributed by atoms with Gasteiger partial charge in [-0.25, -0.2) is 8.42 Å². The third-order valence-electron chi connectivity index (χ3n) is 2.54. The second kappa shape index (κ2) is 4.12. The molecule has 6 heteroatoms. The molecule has 1 aromatic carbocycles. The molecule has 5 nitrogen and oxygen atoms in total. The first-order chi connectivity index (χ1) is 7.88. The van der Waals surface area contributed by atoms with Crippen molar-refractivity contribution in [3.8, 4) is 0 Å². The van der Waals surface area contributed by atoms with Crippen LogP contribution in [0.25, 0.3) is 0 Å². The fourth-order valence-corrected chi connectivity index (χ4v) is 3.32. The average Bonchev–Trinajstić information content (AvgIpc) is 2.54. The van der Waals surface area contributed by atoms with Crippen LogP contribution in [0.5, 0.6) is 0 Å². The molecule has 1 amide bonds. The van der Waals surface area contributed by atoms with Gasteiger partial charge in [0.15, 0.2) is 9.84 Å². The van der Waals surface area contributed by atoms with Gasteiger partial charge in [0.2, 0.25) is 5.91 Å². The van der Waals surface area contributed by atoms with Crippen molar-refractivity contribution in [2.45, 2.75) is 24.3 Å². The van der Waals surface area contributed by atoms with E-state index in [1.165, 1.54) is 6.07 Å². The molecule has 0 spiro atoms. The molecule has 1 aliphatic heterocycles. The number of sulfone groups is 1. The van der Waals surface area contributed by atoms with Crippen molar-refractivity contribution in [1.29, 1.82) is 0 Å². The van der Waals surface area contributed by atoms with Crippen molar-refractivity contribution >= 4 is 21.4 Å². The number of nitrogens with one attached hydrogen (secondary N) is 1. The fourth-order valence-electron chi connectivity index (χ4n) is 1.84. The highest BCUT2D eigenvalue weighted by Crippen LogP contribution is 2.26. The number of nitrogens with two attached hydrogens (primary N) is 1. The highest BCUT2D eigenvalue weighted by molar-refractivity contribution is 7.91. The van der Waals surface area contributed by atoms with E-state index in [0.29, 0.717) is 5.69 Å². The summed E-state index contributed by atoms with van der Waals surface area (Å²) in [5.41, 5.74) is 6.92. The molecule has 0 saturated heterocycles. The predicted molar refractivity (Wildman–Crippen MR) is 64.5 cm³/mol. The summed E-state index contributed by atoms with van der Waals surface area (Å²) in [7, 11) is -3.36. The van der Waals surface area contributed by atoms with E-state index in [-0.39, 0.29) is 23.0 Å². The first-order valence-electron chi connectivity index (χ1n) is 5.29. The number of carbonyl (C=O) groups is 1. The number of anilines is 1. The molecule has 0 bridgehead atoms. The Morgan fingerprint density at radius 1 is 1.47 bits per heavy atom. The van der Waals surface area contributed by atoms with Gasteiger partial charge in [0.05, 0.1) is 17.1 Å². The maximum absolute atomic E-state index is 11.9. The van der Waals surface area contributed by atoms with Crippen molar-refractivity contribution in [2.75, 3.05) is 11.1 Å². The number of hydrogen-bond acceptors (Lipinski definition) is 4. The largest absolute Gasteiger partial charge is 0.327 e. The molecular formula is C11H14N2O3S. The fraction of sp³-hybridized carbons (Fsp3) is 0.364. The third kappa shape index (κ3) is 2.48. The van der Waals surface area contributed by atoms with Gasteiger partial charge in [0.25, 0.3) is 0 Å². The molecule has 0 saturated carbocycles. The zero-order valence-electron chi connectivity index (χ0n) is 9.43. The van der Waals surface area contributed by atoms with Crippen molar-refractivity contribution in [1.82, 2.24) is 0 Å². The summed E-state index contributed by atoms with van der Waals surface area (Å²) >= 11 is 0. The van der Waals surface area contributed by atoms with Crippen LogP contribution in [0.3, 0.4) is 0 Å². The van der Waals surface area contributed by atoms with E-state index in [4.69, 9.17) is 5.73 Å². The minimum atomic E-state index is -3.36. The molecule has 17 heavy (non-hydrogen) atoms. The van der Waals surface area contributed by atoms with Gasteiger partial charge >= 0.3 is 0 Å². The molecule has 1 aromatic rings. The van der Waals surface area contributed by atoms with Crippen LogP contribution in [-0.2, 0) is 21.1 Å².